The Morgan fingerprint density at radius 3 is 2.59 bits per heavy atom. The fourth-order valence-electron chi connectivity index (χ4n) is 2.93. The smallest absolute Gasteiger partial charge is 0.251 e. The number of aliphatic hydroxyl groups is 1. The van der Waals surface area contributed by atoms with E-state index < -0.39 is 5.60 Å². The van der Waals surface area contributed by atoms with E-state index in [2.05, 4.69) is 10.3 Å². The van der Waals surface area contributed by atoms with Crippen molar-refractivity contribution in [1.82, 2.24) is 14.9 Å². The number of aromatic nitrogens is 2. The highest BCUT2D eigenvalue weighted by atomic mass is 16.3. The molecule has 0 unspecified atom stereocenters. The Labute approximate surface area is 130 Å². The summed E-state index contributed by atoms with van der Waals surface area (Å²) in [6, 6.07) is 7.34. The van der Waals surface area contributed by atoms with Crippen LogP contribution >= 0.6 is 0 Å². The van der Waals surface area contributed by atoms with Crippen LogP contribution < -0.4 is 5.32 Å². The van der Waals surface area contributed by atoms with E-state index in [1.54, 1.807) is 24.7 Å². The fraction of sp³-hybridized carbons (Fsp3) is 0.412. The second-order valence-electron chi connectivity index (χ2n) is 5.98. The second-order valence-corrected chi connectivity index (χ2v) is 5.98. The average Bonchev–Trinajstić information content (AvgIpc) is 3.08. The van der Waals surface area contributed by atoms with E-state index in [-0.39, 0.29) is 5.91 Å². The summed E-state index contributed by atoms with van der Waals surface area (Å²) in [5.74, 6) is -0.142. The lowest BCUT2D eigenvalue weighted by Gasteiger charge is -2.32. The lowest BCUT2D eigenvalue weighted by molar-refractivity contribution is 0.00526. The lowest BCUT2D eigenvalue weighted by Crippen LogP contribution is -2.44. The molecule has 1 aromatic carbocycles. The van der Waals surface area contributed by atoms with Crippen LogP contribution in [0.4, 0.5) is 0 Å². The standard InChI is InChI=1S/C17H21N3O2/c21-16(19-12-17(22)8-2-1-3-9-17)14-4-6-15(7-5-14)20-11-10-18-13-20/h4-7,10-11,13,22H,1-3,8-9,12H2,(H,19,21). The van der Waals surface area contributed by atoms with Gasteiger partial charge in [0, 0.05) is 30.2 Å². The van der Waals surface area contributed by atoms with E-state index in [1.165, 1.54) is 6.42 Å². The van der Waals surface area contributed by atoms with Crippen LogP contribution in [-0.2, 0) is 0 Å². The van der Waals surface area contributed by atoms with Gasteiger partial charge in [0.05, 0.1) is 11.9 Å². The largest absolute Gasteiger partial charge is 0.388 e. The molecule has 1 aromatic heterocycles. The van der Waals surface area contributed by atoms with Gasteiger partial charge < -0.3 is 15.0 Å². The van der Waals surface area contributed by atoms with Gasteiger partial charge in [0.15, 0.2) is 0 Å². The molecule has 5 nitrogen and oxygen atoms in total. The molecule has 0 radical (unpaired) electrons. The Bertz CT molecular complexity index is 614. The maximum Gasteiger partial charge on any atom is 0.251 e. The van der Waals surface area contributed by atoms with Crippen molar-refractivity contribution in [3.63, 3.8) is 0 Å². The van der Waals surface area contributed by atoms with E-state index in [1.807, 2.05) is 22.9 Å². The number of carbonyl (C=O) groups is 1. The van der Waals surface area contributed by atoms with Gasteiger partial charge in [0.2, 0.25) is 0 Å². The maximum absolute atomic E-state index is 12.2. The van der Waals surface area contributed by atoms with Crippen molar-refractivity contribution in [3.8, 4) is 5.69 Å². The van der Waals surface area contributed by atoms with Gasteiger partial charge in [-0.15, -0.1) is 0 Å². The van der Waals surface area contributed by atoms with Crippen molar-refractivity contribution in [3.05, 3.63) is 48.5 Å². The first-order valence-electron chi connectivity index (χ1n) is 7.75. The fourth-order valence-corrected chi connectivity index (χ4v) is 2.93. The number of carbonyl (C=O) groups excluding carboxylic acids is 1. The SMILES string of the molecule is O=C(NCC1(O)CCCCC1)c1ccc(-n2ccnc2)cc1. The molecule has 0 bridgehead atoms. The van der Waals surface area contributed by atoms with Crippen molar-refractivity contribution in [2.75, 3.05) is 6.54 Å². The zero-order valence-corrected chi connectivity index (χ0v) is 12.5. The van der Waals surface area contributed by atoms with Crippen molar-refractivity contribution in [2.45, 2.75) is 37.7 Å². The third kappa shape index (κ3) is 3.36. The molecule has 1 heterocycles. The molecule has 1 fully saturated rings. The number of imidazole rings is 1. The highest BCUT2D eigenvalue weighted by Gasteiger charge is 2.29. The summed E-state index contributed by atoms with van der Waals surface area (Å²) in [4.78, 5) is 16.2. The van der Waals surface area contributed by atoms with Gasteiger partial charge in [-0.25, -0.2) is 4.98 Å². The molecule has 2 N–H and O–H groups in total. The molecule has 2 aromatic rings. The van der Waals surface area contributed by atoms with Crippen LogP contribution in [0, 0.1) is 0 Å². The van der Waals surface area contributed by atoms with Crippen molar-refractivity contribution in [1.29, 1.82) is 0 Å². The van der Waals surface area contributed by atoms with Crippen LogP contribution in [-0.4, -0.2) is 32.7 Å². The van der Waals surface area contributed by atoms with Crippen LogP contribution in [0.2, 0.25) is 0 Å². The van der Waals surface area contributed by atoms with E-state index in [0.29, 0.717) is 12.1 Å². The molecule has 3 rings (SSSR count). The zero-order valence-electron chi connectivity index (χ0n) is 12.5. The third-order valence-corrected chi connectivity index (χ3v) is 4.29. The number of benzene rings is 1. The van der Waals surface area contributed by atoms with Crippen molar-refractivity contribution < 1.29 is 9.90 Å². The summed E-state index contributed by atoms with van der Waals surface area (Å²) in [5, 5.41) is 13.3. The number of nitrogens with one attached hydrogen (secondary N) is 1. The minimum Gasteiger partial charge on any atom is -0.388 e. The van der Waals surface area contributed by atoms with Gasteiger partial charge in [-0.05, 0) is 37.1 Å². The predicted octanol–water partition coefficient (Wildman–Crippen LogP) is 2.30. The van der Waals surface area contributed by atoms with Gasteiger partial charge in [0.25, 0.3) is 5.91 Å². The first-order chi connectivity index (χ1) is 10.7. The van der Waals surface area contributed by atoms with Gasteiger partial charge >= 0.3 is 0 Å². The average molecular weight is 299 g/mol. The summed E-state index contributed by atoms with van der Waals surface area (Å²) >= 11 is 0. The zero-order chi connectivity index (χ0) is 15.4. The molecule has 116 valence electrons. The van der Waals surface area contributed by atoms with Crippen LogP contribution in [0.5, 0.6) is 0 Å². The third-order valence-electron chi connectivity index (χ3n) is 4.29. The van der Waals surface area contributed by atoms with Crippen LogP contribution in [0.1, 0.15) is 42.5 Å². The molecule has 1 aliphatic carbocycles. The van der Waals surface area contributed by atoms with Crippen molar-refractivity contribution in [2.24, 2.45) is 0 Å². The summed E-state index contributed by atoms with van der Waals surface area (Å²) in [6.07, 6.45) is 10.1. The topological polar surface area (TPSA) is 67.2 Å². The first-order valence-corrected chi connectivity index (χ1v) is 7.75. The number of hydrogen-bond acceptors (Lipinski definition) is 3. The summed E-state index contributed by atoms with van der Waals surface area (Å²) in [6.45, 7) is 0.328. The second kappa shape index (κ2) is 6.32. The molecular formula is C17H21N3O2. The van der Waals surface area contributed by atoms with Crippen LogP contribution in [0.25, 0.3) is 5.69 Å². The summed E-state index contributed by atoms with van der Waals surface area (Å²) in [7, 11) is 0. The van der Waals surface area contributed by atoms with Crippen molar-refractivity contribution >= 4 is 5.91 Å². The number of amides is 1. The van der Waals surface area contributed by atoms with E-state index in [4.69, 9.17) is 0 Å². The van der Waals surface area contributed by atoms with Gasteiger partial charge in [-0.3, -0.25) is 4.79 Å². The maximum atomic E-state index is 12.2. The monoisotopic (exact) mass is 299 g/mol. The number of rotatable bonds is 4. The molecule has 0 saturated heterocycles. The summed E-state index contributed by atoms with van der Waals surface area (Å²) in [5.41, 5.74) is 0.827. The molecule has 0 aliphatic heterocycles. The Hall–Kier alpha value is -2.14. The summed E-state index contributed by atoms with van der Waals surface area (Å²) < 4.78 is 1.88. The molecule has 0 atom stereocenters. The molecular weight excluding hydrogens is 278 g/mol. The lowest BCUT2D eigenvalue weighted by atomic mass is 9.85. The van der Waals surface area contributed by atoms with Gasteiger partial charge in [-0.2, -0.15) is 0 Å². The Kier molecular flexibility index (Phi) is 4.24. The van der Waals surface area contributed by atoms with E-state index >= 15 is 0 Å². The normalized spacial score (nSPS) is 17.1. The first kappa shape index (κ1) is 14.8. The van der Waals surface area contributed by atoms with E-state index in [0.717, 1.165) is 31.4 Å². The minimum absolute atomic E-state index is 0.142. The molecule has 1 saturated carbocycles. The number of hydrogen-bond donors (Lipinski definition) is 2. The van der Waals surface area contributed by atoms with Crippen LogP contribution in [0.3, 0.4) is 0 Å². The van der Waals surface area contributed by atoms with Crippen LogP contribution in [0.15, 0.2) is 43.0 Å². The molecule has 0 spiro atoms. The predicted molar refractivity (Wildman–Crippen MR) is 83.9 cm³/mol. The Balaban J connectivity index is 1.60. The minimum atomic E-state index is -0.731. The highest BCUT2D eigenvalue weighted by Crippen LogP contribution is 2.27. The number of nitrogens with zero attached hydrogens (tertiary/aromatic N) is 2. The molecule has 1 aliphatic rings. The molecule has 5 heteroatoms. The highest BCUT2D eigenvalue weighted by molar-refractivity contribution is 5.94. The Morgan fingerprint density at radius 1 is 1.23 bits per heavy atom. The Morgan fingerprint density at radius 2 is 1.95 bits per heavy atom. The van der Waals surface area contributed by atoms with Gasteiger partial charge in [0.1, 0.15) is 0 Å². The quantitative estimate of drug-likeness (QED) is 0.910. The van der Waals surface area contributed by atoms with Gasteiger partial charge in [-0.1, -0.05) is 19.3 Å². The molecule has 22 heavy (non-hydrogen) atoms. The van der Waals surface area contributed by atoms with E-state index in [9.17, 15) is 9.90 Å². The molecule has 1 amide bonds.